The maximum atomic E-state index is 6.18. The molecule has 1 atom stereocenters. The van der Waals surface area contributed by atoms with E-state index < -0.39 is 0 Å². The van der Waals surface area contributed by atoms with Gasteiger partial charge in [0.25, 0.3) is 0 Å². The molecule has 0 radical (unpaired) electrons. The minimum absolute atomic E-state index is 0.654. The molecule has 2 rings (SSSR count). The van der Waals surface area contributed by atoms with Gasteiger partial charge < -0.3 is 5.32 Å². The average molecular weight is 224 g/mol. The van der Waals surface area contributed by atoms with Crippen LogP contribution in [0, 0.1) is 13.8 Å². The molecule has 1 aliphatic rings. The summed E-state index contributed by atoms with van der Waals surface area (Å²) in [5, 5.41) is 4.43. The van der Waals surface area contributed by atoms with Crippen molar-refractivity contribution in [2.45, 2.75) is 39.2 Å². The second-order valence-corrected chi connectivity index (χ2v) is 4.94. The Morgan fingerprint density at radius 3 is 2.87 bits per heavy atom. The Kier molecular flexibility index (Phi) is 3.32. The van der Waals surface area contributed by atoms with Crippen molar-refractivity contribution in [2.24, 2.45) is 0 Å². The van der Waals surface area contributed by atoms with Crippen LogP contribution < -0.4 is 5.32 Å². The summed E-state index contributed by atoms with van der Waals surface area (Å²) in [5.41, 5.74) is 3.91. The van der Waals surface area contributed by atoms with Crippen molar-refractivity contribution in [2.75, 3.05) is 6.54 Å². The summed E-state index contributed by atoms with van der Waals surface area (Å²) in [4.78, 5) is 0. The lowest BCUT2D eigenvalue weighted by Gasteiger charge is -2.14. The molecule has 15 heavy (non-hydrogen) atoms. The highest BCUT2D eigenvalue weighted by molar-refractivity contribution is 6.31. The fraction of sp³-hybridized carbons (Fsp3) is 0.538. The molecule has 0 amide bonds. The van der Waals surface area contributed by atoms with Gasteiger partial charge in [-0.1, -0.05) is 17.7 Å². The molecule has 1 saturated heterocycles. The fourth-order valence-electron chi connectivity index (χ4n) is 2.29. The van der Waals surface area contributed by atoms with Gasteiger partial charge in [0.15, 0.2) is 0 Å². The summed E-state index contributed by atoms with van der Waals surface area (Å²) in [5.74, 6) is 0. The van der Waals surface area contributed by atoms with E-state index in [4.69, 9.17) is 11.6 Å². The van der Waals surface area contributed by atoms with Crippen LogP contribution in [-0.4, -0.2) is 12.6 Å². The average Bonchev–Trinajstić information content (AvgIpc) is 2.66. The van der Waals surface area contributed by atoms with Crippen molar-refractivity contribution >= 4 is 11.6 Å². The van der Waals surface area contributed by atoms with Gasteiger partial charge in [-0.05, 0) is 62.4 Å². The molecule has 1 nitrogen and oxygen atoms in total. The van der Waals surface area contributed by atoms with Crippen LogP contribution in [0.15, 0.2) is 12.1 Å². The SMILES string of the molecule is Cc1cc(Cl)c(C)c(CC2CCCN2)c1. The lowest BCUT2D eigenvalue weighted by molar-refractivity contribution is 0.601. The molecular formula is C13H18ClN. The van der Waals surface area contributed by atoms with Crippen LogP contribution in [-0.2, 0) is 6.42 Å². The Hall–Kier alpha value is -0.530. The maximum absolute atomic E-state index is 6.18. The van der Waals surface area contributed by atoms with Gasteiger partial charge in [-0.15, -0.1) is 0 Å². The van der Waals surface area contributed by atoms with Gasteiger partial charge in [0.05, 0.1) is 0 Å². The predicted octanol–water partition coefficient (Wildman–Crippen LogP) is 3.25. The van der Waals surface area contributed by atoms with Crippen LogP contribution in [0.25, 0.3) is 0 Å². The normalized spacial score (nSPS) is 20.9. The van der Waals surface area contributed by atoms with Gasteiger partial charge >= 0.3 is 0 Å². The summed E-state index contributed by atoms with van der Waals surface area (Å²) in [7, 11) is 0. The Balaban J connectivity index is 2.19. The Bertz CT molecular complexity index is 354. The van der Waals surface area contributed by atoms with E-state index in [0.29, 0.717) is 6.04 Å². The highest BCUT2D eigenvalue weighted by atomic mass is 35.5. The molecule has 0 bridgehead atoms. The zero-order valence-electron chi connectivity index (χ0n) is 9.44. The third-order valence-corrected chi connectivity index (χ3v) is 3.62. The van der Waals surface area contributed by atoms with E-state index in [2.05, 4.69) is 25.2 Å². The van der Waals surface area contributed by atoms with E-state index in [0.717, 1.165) is 11.4 Å². The molecule has 1 heterocycles. The fourth-order valence-corrected chi connectivity index (χ4v) is 2.59. The smallest absolute Gasteiger partial charge is 0.0440 e. The molecule has 82 valence electrons. The minimum Gasteiger partial charge on any atom is -0.314 e. The lowest BCUT2D eigenvalue weighted by Crippen LogP contribution is -2.24. The zero-order valence-corrected chi connectivity index (χ0v) is 10.2. The van der Waals surface area contributed by atoms with Crippen molar-refractivity contribution in [1.29, 1.82) is 0 Å². The van der Waals surface area contributed by atoms with E-state index in [-0.39, 0.29) is 0 Å². The van der Waals surface area contributed by atoms with Crippen molar-refractivity contribution in [3.05, 3.63) is 33.8 Å². The van der Waals surface area contributed by atoms with Gasteiger partial charge in [-0.2, -0.15) is 0 Å². The summed E-state index contributed by atoms with van der Waals surface area (Å²) in [6.45, 7) is 5.40. The van der Waals surface area contributed by atoms with E-state index in [1.807, 2.05) is 6.07 Å². The number of hydrogen-bond donors (Lipinski definition) is 1. The Labute approximate surface area is 96.8 Å². The standard InChI is InChI=1S/C13H18ClN/c1-9-6-11(10(2)13(14)7-9)8-12-4-3-5-15-12/h6-7,12,15H,3-5,8H2,1-2H3. The molecule has 1 aliphatic heterocycles. The monoisotopic (exact) mass is 223 g/mol. The van der Waals surface area contributed by atoms with Crippen LogP contribution in [0.1, 0.15) is 29.5 Å². The second-order valence-electron chi connectivity index (χ2n) is 4.53. The number of aryl methyl sites for hydroxylation is 1. The number of rotatable bonds is 2. The second kappa shape index (κ2) is 4.54. The Morgan fingerprint density at radius 2 is 2.20 bits per heavy atom. The number of benzene rings is 1. The van der Waals surface area contributed by atoms with Crippen LogP contribution in [0.4, 0.5) is 0 Å². The molecule has 0 spiro atoms. The third kappa shape index (κ3) is 2.53. The molecule has 1 fully saturated rings. The third-order valence-electron chi connectivity index (χ3n) is 3.22. The predicted molar refractivity (Wildman–Crippen MR) is 65.7 cm³/mol. The van der Waals surface area contributed by atoms with Crippen LogP contribution >= 0.6 is 11.6 Å². The molecule has 1 aromatic rings. The topological polar surface area (TPSA) is 12.0 Å². The lowest BCUT2D eigenvalue weighted by atomic mass is 9.98. The first-order chi connectivity index (χ1) is 7.16. The highest BCUT2D eigenvalue weighted by Gasteiger charge is 2.16. The number of hydrogen-bond acceptors (Lipinski definition) is 1. The van der Waals surface area contributed by atoms with Crippen LogP contribution in [0.3, 0.4) is 0 Å². The Morgan fingerprint density at radius 1 is 1.40 bits per heavy atom. The summed E-state index contributed by atoms with van der Waals surface area (Å²) in [6, 6.07) is 4.96. The van der Waals surface area contributed by atoms with Gasteiger partial charge in [-0.3, -0.25) is 0 Å². The van der Waals surface area contributed by atoms with Crippen molar-refractivity contribution < 1.29 is 0 Å². The summed E-state index contributed by atoms with van der Waals surface area (Å²) in [6.07, 6.45) is 3.72. The van der Waals surface area contributed by atoms with E-state index in [1.54, 1.807) is 0 Å². The van der Waals surface area contributed by atoms with Crippen molar-refractivity contribution in [3.8, 4) is 0 Å². The van der Waals surface area contributed by atoms with E-state index in [9.17, 15) is 0 Å². The molecule has 1 N–H and O–H groups in total. The van der Waals surface area contributed by atoms with Crippen molar-refractivity contribution in [3.63, 3.8) is 0 Å². The summed E-state index contributed by atoms with van der Waals surface area (Å²) >= 11 is 6.18. The van der Waals surface area contributed by atoms with Crippen LogP contribution in [0.2, 0.25) is 5.02 Å². The number of halogens is 1. The molecular weight excluding hydrogens is 206 g/mol. The van der Waals surface area contributed by atoms with Gasteiger partial charge in [-0.25, -0.2) is 0 Å². The van der Waals surface area contributed by atoms with Crippen LogP contribution in [0.5, 0.6) is 0 Å². The first-order valence-corrected chi connectivity index (χ1v) is 6.03. The quantitative estimate of drug-likeness (QED) is 0.812. The van der Waals surface area contributed by atoms with Crippen molar-refractivity contribution in [1.82, 2.24) is 5.32 Å². The molecule has 0 aromatic heterocycles. The molecule has 1 aromatic carbocycles. The largest absolute Gasteiger partial charge is 0.314 e. The first-order valence-electron chi connectivity index (χ1n) is 5.66. The van der Waals surface area contributed by atoms with E-state index >= 15 is 0 Å². The molecule has 2 heteroatoms. The van der Waals surface area contributed by atoms with E-state index in [1.165, 1.54) is 36.1 Å². The number of nitrogens with one attached hydrogen (secondary N) is 1. The maximum Gasteiger partial charge on any atom is 0.0440 e. The first kappa shape index (κ1) is 11.0. The molecule has 0 saturated carbocycles. The van der Waals surface area contributed by atoms with Gasteiger partial charge in [0, 0.05) is 11.1 Å². The molecule has 0 aliphatic carbocycles. The highest BCUT2D eigenvalue weighted by Crippen LogP contribution is 2.23. The van der Waals surface area contributed by atoms with Gasteiger partial charge in [0.2, 0.25) is 0 Å². The molecule has 1 unspecified atom stereocenters. The minimum atomic E-state index is 0.654. The summed E-state index contributed by atoms with van der Waals surface area (Å²) < 4.78 is 0. The zero-order chi connectivity index (χ0) is 10.8. The van der Waals surface area contributed by atoms with Gasteiger partial charge in [0.1, 0.15) is 0 Å².